The van der Waals surface area contributed by atoms with Gasteiger partial charge in [0.1, 0.15) is 11.5 Å². The molecule has 0 spiro atoms. The van der Waals surface area contributed by atoms with Crippen molar-refractivity contribution in [3.63, 3.8) is 0 Å². The van der Waals surface area contributed by atoms with E-state index in [4.69, 9.17) is 17.2 Å². The maximum atomic E-state index is 11.0. The van der Waals surface area contributed by atoms with Crippen LogP contribution < -0.4 is 22.5 Å². The second kappa shape index (κ2) is 5.76. The molecule has 0 heterocycles. The molecule has 0 aromatic heterocycles. The lowest BCUT2D eigenvalue weighted by molar-refractivity contribution is -0.118. The molecule has 6 heteroatoms. The van der Waals surface area contributed by atoms with Crippen molar-refractivity contribution in [1.29, 1.82) is 0 Å². The molecule has 0 saturated heterocycles. The van der Waals surface area contributed by atoms with Gasteiger partial charge in [0.25, 0.3) is 0 Å². The van der Waals surface area contributed by atoms with E-state index in [1.165, 1.54) is 6.20 Å². The molecule has 0 rings (SSSR count). The number of nitrogens with zero attached hydrogens (tertiary/aromatic N) is 1. The summed E-state index contributed by atoms with van der Waals surface area (Å²) in [7, 11) is 0. The summed E-state index contributed by atoms with van der Waals surface area (Å²) in [4.78, 5) is 14.7. The van der Waals surface area contributed by atoms with E-state index < -0.39 is 0 Å². The van der Waals surface area contributed by atoms with Crippen LogP contribution in [0.2, 0.25) is 0 Å². The first-order chi connectivity index (χ1) is 6.52. The lowest BCUT2D eigenvalue weighted by atomic mass is 10.3. The normalized spacial score (nSPS) is 13.1. The Labute approximate surface area is 82.5 Å². The minimum absolute atomic E-state index is 0.0989. The van der Waals surface area contributed by atoms with Crippen LogP contribution in [0.3, 0.4) is 0 Å². The molecule has 0 bridgehead atoms. The van der Waals surface area contributed by atoms with Gasteiger partial charge in [0.2, 0.25) is 5.91 Å². The van der Waals surface area contributed by atoms with E-state index in [1.54, 1.807) is 6.92 Å². The minimum Gasteiger partial charge on any atom is -0.400 e. The summed E-state index contributed by atoms with van der Waals surface area (Å²) in [6, 6.07) is 0. The van der Waals surface area contributed by atoms with Gasteiger partial charge in [-0.3, -0.25) is 4.79 Å². The van der Waals surface area contributed by atoms with Crippen molar-refractivity contribution in [3.05, 3.63) is 24.2 Å². The third kappa shape index (κ3) is 3.72. The summed E-state index contributed by atoms with van der Waals surface area (Å²) in [6.45, 7) is 4.83. The highest BCUT2D eigenvalue weighted by Crippen LogP contribution is 1.94. The maximum Gasteiger partial charge on any atom is 0.238 e. The van der Waals surface area contributed by atoms with Crippen molar-refractivity contribution in [1.82, 2.24) is 5.32 Å². The Bertz CT molecular complexity index is 288. The average molecular weight is 197 g/mol. The van der Waals surface area contributed by atoms with Gasteiger partial charge in [0.05, 0.1) is 6.54 Å². The molecular weight excluding hydrogens is 182 g/mol. The van der Waals surface area contributed by atoms with E-state index >= 15 is 0 Å². The van der Waals surface area contributed by atoms with Crippen LogP contribution in [-0.2, 0) is 4.79 Å². The maximum absolute atomic E-state index is 11.0. The van der Waals surface area contributed by atoms with Gasteiger partial charge in [-0.1, -0.05) is 6.58 Å². The Morgan fingerprint density at radius 3 is 2.50 bits per heavy atom. The lowest BCUT2D eigenvalue weighted by Crippen LogP contribution is -2.37. The minimum atomic E-state index is -0.382. The number of carbonyl (C=O) groups excluding carboxylic acids is 1. The molecule has 6 nitrogen and oxygen atoms in total. The van der Waals surface area contributed by atoms with Crippen molar-refractivity contribution in [2.24, 2.45) is 22.2 Å². The van der Waals surface area contributed by atoms with E-state index in [-0.39, 0.29) is 24.0 Å². The van der Waals surface area contributed by atoms with Crippen LogP contribution in [0.4, 0.5) is 0 Å². The lowest BCUT2D eigenvalue weighted by Gasteiger charge is -2.09. The third-order valence-corrected chi connectivity index (χ3v) is 1.33. The number of nitrogens with one attached hydrogen (secondary N) is 1. The fourth-order valence-electron chi connectivity index (χ4n) is 0.718. The number of amidine groups is 1. The number of nitrogens with two attached hydrogens (primary N) is 3. The smallest absolute Gasteiger partial charge is 0.238 e. The van der Waals surface area contributed by atoms with Crippen LogP contribution in [0, 0.1) is 0 Å². The molecule has 14 heavy (non-hydrogen) atoms. The zero-order valence-corrected chi connectivity index (χ0v) is 8.08. The Morgan fingerprint density at radius 1 is 1.57 bits per heavy atom. The third-order valence-electron chi connectivity index (χ3n) is 1.33. The standard InChI is InChI=1S/C8H15N5O/c1-3-12-8(11)7(5(2)10)13-6(14)4-9/h3H,1,4,9-10H2,2H3,(H2,11,12)(H,13,14)/b7-5-. The highest BCUT2D eigenvalue weighted by Gasteiger charge is 2.08. The largest absolute Gasteiger partial charge is 0.400 e. The predicted molar refractivity (Wildman–Crippen MR) is 55.9 cm³/mol. The van der Waals surface area contributed by atoms with Crippen LogP contribution in [0.1, 0.15) is 6.92 Å². The fraction of sp³-hybridized carbons (Fsp3) is 0.250. The molecule has 7 N–H and O–H groups in total. The first-order valence-electron chi connectivity index (χ1n) is 3.93. The summed E-state index contributed by atoms with van der Waals surface area (Å²) in [5, 5.41) is 2.44. The molecule has 1 amide bonds. The fourth-order valence-corrected chi connectivity index (χ4v) is 0.718. The second-order valence-electron chi connectivity index (χ2n) is 2.51. The van der Waals surface area contributed by atoms with Gasteiger partial charge >= 0.3 is 0 Å². The van der Waals surface area contributed by atoms with Gasteiger partial charge in [-0.25, -0.2) is 4.99 Å². The topological polar surface area (TPSA) is 120 Å². The molecular formula is C8H15N5O. The monoisotopic (exact) mass is 197 g/mol. The van der Waals surface area contributed by atoms with Crippen LogP contribution in [-0.4, -0.2) is 18.3 Å². The average Bonchev–Trinajstić information content (AvgIpc) is 2.13. The van der Waals surface area contributed by atoms with Crippen LogP contribution >= 0.6 is 0 Å². The van der Waals surface area contributed by atoms with Crippen molar-refractivity contribution in [2.45, 2.75) is 6.92 Å². The summed E-state index contributed by atoms with van der Waals surface area (Å²) in [5.41, 5.74) is 16.8. The molecule has 0 atom stereocenters. The van der Waals surface area contributed by atoms with Crippen molar-refractivity contribution >= 4 is 11.7 Å². The first kappa shape index (κ1) is 12.2. The van der Waals surface area contributed by atoms with Gasteiger partial charge in [0.15, 0.2) is 0 Å². The number of aliphatic imine (C=N–C) groups is 1. The van der Waals surface area contributed by atoms with Gasteiger partial charge in [0, 0.05) is 11.9 Å². The highest BCUT2D eigenvalue weighted by atomic mass is 16.1. The number of rotatable bonds is 4. The second-order valence-corrected chi connectivity index (χ2v) is 2.51. The van der Waals surface area contributed by atoms with E-state index in [9.17, 15) is 4.79 Å². The van der Waals surface area contributed by atoms with Gasteiger partial charge in [-0.05, 0) is 6.92 Å². The Balaban J connectivity index is 4.82. The number of carbonyl (C=O) groups is 1. The number of hydrogen-bond donors (Lipinski definition) is 4. The van der Waals surface area contributed by atoms with Crippen LogP contribution in [0.25, 0.3) is 0 Å². The summed E-state index contributed by atoms with van der Waals surface area (Å²) in [6.07, 6.45) is 1.26. The van der Waals surface area contributed by atoms with E-state index in [2.05, 4.69) is 16.9 Å². The molecule has 0 unspecified atom stereocenters. The van der Waals surface area contributed by atoms with Gasteiger partial charge in [-0.2, -0.15) is 0 Å². The predicted octanol–water partition coefficient (Wildman–Crippen LogP) is -1.25. The summed E-state index contributed by atoms with van der Waals surface area (Å²) < 4.78 is 0. The van der Waals surface area contributed by atoms with Crippen molar-refractivity contribution < 1.29 is 4.79 Å². The summed E-state index contributed by atoms with van der Waals surface area (Å²) >= 11 is 0. The van der Waals surface area contributed by atoms with E-state index in [0.29, 0.717) is 5.70 Å². The Hall–Kier alpha value is -1.82. The Kier molecular flexibility index (Phi) is 5.01. The Morgan fingerprint density at radius 2 is 2.14 bits per heavy atom. The number of amides is 1. The van der Waals surface area contributed by atoms with E-state index in [1.807, 2.05) is 0 Å². The quantitative estimate of drug-likeness (QED) is 0.332. The highest BCUT2D eigenvalue weighted by molar-refractivity contribution is 6.01. The van der Waals surface area contributed by atoms with Gasteiger partial charge in [-0.15, -0.1) is 0 Å². The van der Waals surface area contributed by atoms with Gasteiger partial charge < -0.3 is 22.5 Å². The molecule has 0 aromatic carbocycles. The molecule has 0 aliphatic rings. The molecule has 0 saturated carbocycles. The SMILES string of the molecule is C=CN=C(N)/C(NC(=O)CN)=C(\C)N. The van der Waals surface area contributed by atoms with Crippen LogP contribution in [0.15, 0.2) is 29.2 Å². The molecule has 0 fully saturated rings. The molecule has 0 radical (unpaired) electrons. The van der Waals surface area contributed by atoms with Crippen molar-refractivity contribution in [2.75, 3.05) is 6.54 Å². The summed E-state index contributed by atoms with van der Waals surface area (Å²) in [5.74, 6) is -0.284. The van der Waals surface area contributed by atoms with Crippen molar-refractivity contribution in [3.8, 4) is 0 Å². The number of hydrogen-bond acceptors (Lipinski definition) is 4. The zero-order valence-electron chi connectivity index (χ0n) is 8.08. The molecule has 0 aromatic rings. The van der Waals surface area contributed by atoms with Crippen LogP contribution in [0.5, 0.6) is 0 Å². The molecule has 0 aliphatic carbocycles. The van der Waals surface area contributed by atoms with E-state index in [0.717, 1.165) is 0 Å². The first-order valence-corrected chi connectivity index (χ1v) is 3.93. The molecule has 78 valence electrons. The number of allylic oxidation sites excluding steroid dienone is 1. The zero-order chi connectivity index (χ0) is 11.1. The molecule has 0 aliphatic heterocycles.